The standard InChI is InChI=1S/C22H20F3N3O3/c1-27-12-18(11-26-27)16-6-7-19-17(10-16)13-28(8-9-31-19)21(30)15-4-2-14(3-5-15)20(29)22(23,24)25/h2-7,10-12,20,29H,8-9,13H2,1H3. The van der Waals surface area contributed by atoms with Crippen LogP contribution in [0.15, 0.2) is 54.9 Å². The molecule has 162 valence electrons. The minimum Gasteiger partial charge on any atom is -0.491 e. The maximum Gasteiger partial charge on any atom is 0.418 e. The predicted molar refractivity (Wildman–Crippen MR) is 106 cm³/mol. The zero-order chi connectivity index (χ0) is 22.2. The molecule has 31 heavy (non-hydrogen) atoms. The van der Waals surface area contributed by atoms with Gasteiger partial charge in [0.05, 0.1) is 12.7 Å². The number of hydrogen-bond acceptors (Lipinski definition) is 4. The number of hydrogen-bond donors (Lipinski definition) is 1. The first-order valence-electron chi connectivity index (χ1n) is 9.61. The van der Waals surface area contributed by atoms with Crippen molar-refractivity contribution in [3.05, 3.63) is 71.5 Å². The summed E-state index contributed by atoms with van der Waals surface area (Å²) in [6.45, 7) is 0.938. The largest absolute Gasteiger partial charge is 0.491 e. The molecule has 0 bridgehead atoms. The van der Waals surface area contributed by atoms with Gasteiger partial charge >= 0.3 is 6.18 Å². The van der Waals surface area contributed by atoms with Gasteiger partial charge in [-0.2, -0.15) is 18.3 Å². The van der Waals surface area contributed by atoms with E-state index in [9.17, 15) is 23.1 Å². The molecule has 0 fully saturated rings. The van der Waals surface area contributed by atoms with Crippen LogP contribution in [0.1, 0.15) is 27.6 Å². The summed E-state index contributed by atoms with van der Waals surface area (Å²) in [5, 5.41) is 13.5. The van der Waals surface area contributed by atoms with Gasteiger partial charge in [0.25, 0.3) is 5.91 Å². The van der Waals surface area contributed by atoms with Crippen LogP contribution < -0.4 is 4.74 Å². The molecular weight excluding hydrogens is 411 g/mol. The van der Waals surface area contributed by atoms with Gasteiger partial charge in [-0.25, -0.2) is 0 Å². The Bertz CT molecular complexity index is 1090. The molecule has 0 aliphatic carbocycles. The molecule has 3 aromatic rings. The molecule has 2 aromatic carbocycles. The summed E-state index contributed by atoms with van der Waals surface area (Å²) in [6, 6.07) is 10.6. The van der Waals surface area contributed by atoms with E-state index in [0.29, 0.717) is 25.4 Å². The second-order valence-electron chi connectivity index (χ2n) is 7.37. The normalized spacial score (nSPS) is 15.1. The van der Waals surface area contributed by atoms with Crippen LogP contribution in [0.2, 0.25) is 0 Å². The lowest BCUT2D eigenvalue weighted by Crippen LogP contribution is -2.32. The van der Waals surface area contributed by atoms with E-state index in [2.05, 4.69) is 5.10 Å². The van der Waals surface area contributed by atoms with Crippen molar-refractivity contribution in [1.82, 2.24) is 14.7 Å². The van der Waals surface area contributed by atoms with Crippen molar-refractivity contribution in [2.45, 2.75) is 18.8 Å². The number of aliphatic hydroxyl groups is 1. The Morgan fingerprint density at radius 3 is 2.55 bits per heavy atom. The SMILES string of the molecule is Cn1cc(-c2ccc3c(c2)CN(C(=O)c2ccc(C(O)C(F)(F)F)cc2)CCO3)cn1. The van der Waals surface area contributed by atoms with E-state index in [1.807, 2.05) is 31.4 Å². The van der Waals surface area contributed by atoms with Gasteiger partial charge in [0.15, 0.2) is 6.10 Å². The molecule has 1 N–H and O–H groups in total. The number of ether oxygens (including phenoxy) is 1. The number of aliphatic hydroxyl groups excluding tert-OH is 1. The van der Waals surface area contributed by atoms with Crippen LogP contribution in [0.4, 0.5) is 13.2 Å². The van der Waals surface area contributed by atoms with Gasteiger partial charge < -0.3 is 14.7 Å². The third-order valence-corrected chi connectivity index (χ3v) is 5.15. The average Bonchev–Trinajstić information content (AvgIpc) is 3.06. The highest BCUT2D eigenvalue weighted by Gasteiger charge is 2.39. The molecule has 1 aliphatic heterocycles. The van der Waals surface area contributed by atoms with Crippen molar-refractivity contribution in [3.8, 4) is 16.9 Å². The van der Waals surface area contributed by atoms with Crippen LogP contribution in [0.3, 0.4) is 0 Å². The zero-order valence-corrected chi connectivity index (χ0v) is 16.6. The second kappa shape index (κ2) is 8.07. The summed E-state index contributed by atoms with van der Waals surface area (Å²) < 4.78 is 45.5. The minimum atomic E-state index is -4.76. The molecule has 0 saturated carbocycles. The lowest BCUT2D eigenvalue weighted by atomic mass is 10.0. The number of rotatable bonds is 3. The van der Waals surface area contributed by atoms with Gasteiger partial charge in [0.1, 0.15) is 12.4 Å². The molecular formula is C22H20F3N3O3. The highest BCUT2D eigenvalue weighted by atomic mass is 19.4. The number of amides is 1. The first-order valence-corrected chi connectivity index (χ1v) is 9.61. The number of carbonyl (C=O) groups is 1. The molecule has 0 radical (unpaired) electrons. The quantitative estimate of drug-likeness (QED) is 0.687. The van der Waals surface area contributed by atoms with Crippen LogP contribution >= 0.6 is 0 Å². The van der Waals surface area contributed by atoms with Crippen molar-refractivity contribution >= 4 is 5.91 Å². The molecule has 1 unspecified atom stereocenters. The highest BCUT2D eigenvalue weighted by molar-refractivity contribution is 5.94. The van der Waals surface area contributed by atoms with Gasteiger partial charge in [-0.05, 0) is 35.4 Å². The van der Waals surface area contributed by atoms with Crippen molar-refractivity contribution in [2.75, 3.05) is 13.2 Å². The van der Waals surface area contributed by atoms with E-state index in [4.69, 9.17) is 4.74 Å². The van der Waals surface area contributed by atoms with E-state index >= 15 is 0 Å². The Kier molecular flexibility index (Phi) is 5.45. The van der Waals surface area contributed by atoms with Crippen LogP contribution in [-0.4, -0.2) is 45.0 Å². The summed E-state index contributed by atoms with van der Waals surface area (Å²) in [6.07, 6.45) is -3.71. The third-order valence-electron chi connectivity index (χ3n) is 5.15. The topological polar surface area (TPSA) is 67.6 Å². The van der Waals surface area contributed by atoms with Gasteiger partial charge in [-0.1, -0.05) is 18.2 Å². The fraction of sp³-hybridized carbons (Fsp3) is 0.273. The van der Waals surface area contributed by atoms with Crippen molar-refractivity contribution in [2.24, 2.45) is 7.05 Å². The zero-order valence-electron chi connectivity index (χ0n) is 16.6. The summed E-state index contributed by atoms with van der Waals surface area (Å²) >= 11 is 0. The van der Waals surface area contributed by atoms with Crippen molar-refractivity contribution < 1.29 is 27.8 Å². The Balaban J connectivity index is 1.55. The molecule has 1 amide bonds. The van der Waals surface area contributed by atoms with Gasteiger partial charge in [0.2, 0.25) is 0 Å². The number of halogens is 3. The van der Waals surface area contributed by atoms with Crippen LogP contribution in [-0.2, 0) is 13.6 Å². The maximum atomic E-state index is 13.0. The number of nitrogens with zero attached hydrogens (tertiary/aromatic N) is 3. The van der Waals surface area contributed by atoms with Crippen LogP contribution in [0.25, 0.3) is 11.1 Å². The van der Waals surface area contributed by atoms with Crippen LogP contribution in [0.5, 0.6) is 5.75 Å². The predicted octanol–water partition coefficient (Wildman–Crippen LogP) is 3.72. The number of alkyl halides is 3. The van der Waals surface area contributed by atoms with Crippen molar-refractivity contribution in [1.29, 1.82) is 0 Å². The third kappa shape index (κ3) is 4.41. The molecule has 9 heteroatoms. The first kappa shape index (κ1) is 20.9. The molecule has 0 saturated heterocycles. The number of carbonyl (C=O) groups excluding carboxylic acids is 1. The molecule has 0 spiro atoms. The van der Waals surface area contributed by atoms with E-state index in [0.717, 1.165) is 28.8 Å². The van der Waals surface area contributed by atoms with E-state index in [1.165, 1.54) is 12.1 Å². The van der Waals surface area contributed by atoms with E-state index in [-0.39, 0.29) is 17.0 Å². The van der Waals surface area contributed by atoms with Crippen LogP contribution in [0, 0.1) is 0 Å². The summed E-state index contributed by atoms with van der Waals surface area (Å²) in [5.41, 5.74) is 2.64. The molecule has 1 aliphatic rings. The molecule has 1 aromatic heterocycles. The fourth-order valence-electron chi connectivity index (χ4n) is 3.50. The minimum absolute atomic E-state index is 0.241. The Labute approximate surface area is 176 Å². The number of benzene rings is 2. The average molecular weight is 431 g/mol. The molecule has 2 heterocycles. The second-order valence-corrected chi connectivity index (χ2v) is 7.37. The van der Waals surface area contributed by atoms with Gasteiger partial charge in [0, 0.05) is 36.5 Å². The van der Waals surface area contributed by atoms with E-state index < -0.39 is 12.3 Å². The van der Waals surface area contributed by atoms with Crippen molar-refractivity contribution in [3.63, 3.8) is 0 Å². The lowest BCUT2D eigenvalue weighted by Gasteiger charge is -2.21. The fourth-order valence-corrected chi connectivity index (χ4v) is 3.50. The first-order chi connectivity index (χ1) is 14.7. The number of fused-ring (bicyclic) bond motifs is 1. The number of aromatic nitrogens is 2. The van der Waals surface area contributed by atoms with E-state index in [1.54, 1.807) is 15.8 Å². The lowest BCUT2D eigenvalue weighted by molar-refractivity contribution is -0.206. The summed E-state index contributed by atoms with van der Waals surface area (Å²) in [7, 11) is 1.83. The smallest absolute Gasteiger partial charge is 0.418 e. The molecule has 4 rings (SSSR count). The summed E-state index contributed by atoms with van der Waals surface area (Å²) in [4.78, 5) is 14.6. The monoisotopic (exact) mass is 431 g/mol. The summed E-state index contributed by atoms with van der Waals surface area (Å²) in [5.74, 6) is 0.364. The Morgan fingerprint density at radius 1 is 1.16 bits per heavy atom. The van der Waals surface area contributed by atoms with Gasteiger partial charge in [-0.15, -0.1) is 0 Å². The number of aryl methyl sites for hydroxylation is 1. The highest BCUT2D eigenvalue weighted by Crippen LogP contribution is 2.33. The molecule has 1 atom stereocenters. The Hall–Kier alpha value is -3.33. The Morgan fingerprint density at radius 2 is 1.90 bits per heavy atom. The van der Waals surface area contributed by atoms with Gasteiger partial charge in [-0.3, -0.25) is 9.48 Å². The molecule has 6 nitrogen and oxygen atoms in total. The maximum absolute atomic E-state index is 13.0.